The lowest BCUT2D eigenvalue weighted by Crippen LogP contribution is -2.11. The maximum Gasteiger partial charge on any atom is 0.123 e. The Morgan fingerprint density at radius 2 is 2.50 bits per heavy atom. The van der Waals surface area contributed by atoms with Gasteiger partial charge in [-0.15, -0.1) is 0 Å². The molecule has 12 heavy (non-hydrogen) atoms. The van der Waals surface area contributed by atoms with Crippen LogP contribution in [0, 0.1) is 5.92 Å². The van der Waals surface area contributed by atoms with E-state index in [0.29, 0.717) is 5.92 Å². The molecule has 1 unspecified atom stereocenters. The second-order valence-corrected chi connectivity index (χ2v) is 2.89. The molecule has 0 amide bonds. The third-order valence-electron chi connectivity index (χ3n) is 2.18. The van der Waals surface area contributed by atoms with E-state index >= 15 is 0 Å². The molecule has 0 saturated heterocycles. The average molecular weight is 161 g/mol. The quantitative estimate of drug-likeness (QED) is 0.576. The molecular formula is C10H11NO. The van der Waals surface area contributed by atoms with Gasteiger partial charge in [0.2, 0.25) is 0 Å². The predicted molar refractivity (Wildman–Crippen MR) is 48.9 cm³/mol. The second-order valence-electron chi connectivity index (χ2n) is 2.89. The number of rotatable bonds is 1. The van der Waals surface area contributed by atoms with Crippen LogP contribution in [0.1, 0.15) is 6.42 Å². The van der Waals surface area contributed by atoms with Gasteiger partial charge in [0.05, 0.1) is 7.11 Å². The summed E-state index contributed by atoms with van der Waals surface area (Å²) in [5, 5.41) is 0. The Morgan fingerprint density at radius 3 is 3.33 bits per heavy atom. The van der Waals surface area contributed by atoms with Crippen LogP contribution < -0.4 is 0 Å². The van der Waals surface area contributed by atoms with Crippen molar-refractivity contribution in [2.45, 2.75) is 6.42 Å². The van der Waals surface area contributed by atoms with Crippen molar-refractivity contribution < 1.29 is 4.74 Å². The van der Waals surface area contributed by atoms with E-state index < -0.39 is 0 Å². The Hall–Kier alpha value is -1.31. The van der Waals surface area contributed by atoms with Crippen LogP contribution in [0.15, 0.2) is 40.8 Å². The van der Waals surface area contributed by atoms with E-state index in [1.807, 2.05) is 18.5 Å². The molecule has 0 aromatic rings. The molecule has 0 saturated carbocycles. The van der Waals surface area contributed by atoms with Crippen LogP contribution in [0.25, 0.3) is 0 Å². The lowest BCUT2D eigenvalue weighted by Gasteiger charge is -2.20. The minimum atomic E-state index is 0.474. The van der Waals surface area contributed by atoms with Gasteiger partial charge in [0.15, 0.2) is 0 Å². The van der Waals surface area contributed by atoms with Gasteiger partial charge >= 0.3 is 0 Å². The molecule has 1 heterocycles. The fraction of sp³-hybridized carbons (Fsp3) is 0.300. The van der Waals surface area contributed by atoms with Crippen LogP contribution in [0.3, 0.4) is 0 Å². The summed E-state index contributed by atoms with van der Waals surface area (Å²) in [6, 6.07) is 0. The van der Waals surface area contributed by atoms with Crippen molar-refractivity contribution in [2.75, 3.05) is 7.11 Å². The standard InChI is InChI=1S/C10H11NO/c1-12-10-4-2-3-8-5-6-11-7-9(8)10/h2,4-8H,3H2,1H3. The topological polar surface area (TPSA) is 21.6 Å². The van der Waals surface area contributed by atoms with E-state index in [0.717, 1.165) is 12.2 Å². The van der Waals surface area contributed by atoms with Gasteiger partial charge in [-0.1, -0.05) is 12.2 Å². The highest BCUT2D eigenvalue weighted by Gasteiger charge is 2.18. The molecule has 0 N–H and O–H groups in total. The minimum absolute atomic E-state index is 0.474. The van der Waals surface area contributed by atoms with Crippen LogP contribution in [-0.2, 0) is 4.74 Å². The third kappa shape index (κ3) is 1.09. The molecule has 1 aliphatic heterocycles. The fourth-order valence-corrected chi connectivity index (χ4v) is 1.53. The molecule has 2 heteroatoms. The molecule has 0 fully saturated rings. The largest absolute Gasteiger partial charge is 0.496 e. The minimum Gasteiger partial charge on any atom is -0.496 e. The number of nitrogens with zero attached hydrogens (tertiary/aromatic N) is 1. The monoisotopic (exact) mass is 161 g/mol. The molecule has 0 bridgehead atoms. The first-order valence-electron chi connectivity index (χ1n) is 4.06. The molecule has 1 aliphatic carbocycles. The van der Waals surface area contributed by atoms with Crippen molar-refractivity contribution >= 4 is 6.21 Å². The Balaban J connectivity index is 2.39. The number of ether oxygens (including phenoxy) is 1. The highest BCUT2D eigenvalue weighted by Crippen LogP contribution is 2.27. The zero-order valence-corrected chi connectivity index (χ0v) is 7.03. The third-order valence-corrected chi connectivity index (χ3v) is 2.18. The molecule has 0 aromatic heterocycles. The van der Waals surface area contributed by atoms with Gasteiger partial charge in [-0.3, -0.25) is 4.99 Å². The SMILES string of the molecule is COC1=C2C=NC=CC2CC=C1. The van der Waals surface area contributed by atoms with Crippen molar-refractivity contribution in [1.29, 1.82) is 0 Å². The fourth-order valence-electron chi connectivity index (χ4n) is 1.53. The van der Waals surface area contributed by atoms with E-state index in [9.17, 15) is 0 Å². The normalized spacial score (nSPS) is 25.9. The van der Waals surface area contributed by atoms with Crippen LogP contribution >= 0.6 is 0 Å². The summed E-state index contributed by atoms with van der Waals surface area (Å²) >= 11 is 0. The summed E-state index contributed by atoms with van der Waals surface area (Å²) in [5.41, 5.74) is 1.20. The number of hydrogen-bond donors (Lipinski definition) is 0. The Bertz CT molecular complexity index is 297. The summed E-state index contributed by atoms with van der Waals surface area (Å²) in [5.74, 6) is 1.42. The highest BCUT2D eigenvalue weighted by molar-refractivity contribution is 5.83. The second kappa shape index (κ2) is 2.97. The van der Waals surface area contributed by atoms with Gasteiger partial charge in [-0.25, -0.2) is 0 Å². The van der Waals surface area contributed by atoms with E-state index in [2.05, 4.69) is 17.1 Å². The molecule has 0 spiro atoms. The van der Waals surface area contributed by atoms with Crippen LogP contribution in [0.5, 0.6) is 0 Å². The molecule has 2 rings (SSSR count). The van der Waals surface area contributed by atoms with Crippen molar-refractivity contribution in [3.05, 3.63) is 35.8 Å². The zero-order valence-electron chi connectivity index (χ0n) is 7.03. The number of hydrogen-bond acceptors (Lipinski definition) is 2. The Morgan fingerprint density at radius 1 is 1.58 bits per heavy atom. The van der Waals surface area contributed by atoms with Gasteiger partial charge in [0.1, 0.15) is 5.76 Å². The highest BCUT2D eigenvalue weighted by atomic mass is 16.5. The van der Waals surface area contributed by atoms with Crippen molar-refractivity contribution in [3.8, 4) is 0 Å². The van der Waals surface area contributed by atoms with E-state index in [1.165, 1.54) is 5.57 Å². The maximum atomic E-state index is 5.23. The number of fused-ring (bicyclic) bond motifs is 1. The number of methoxy groups -OCH3 is 1. The Labute approximate surface area is 72.0 Å². The smallest absolute Gasteiger partial charge is 0.123 e. The van der Waals surface area contributed by atoms with Gasteiger partial charge in [-0.05, 0) is 12.5 Å². The first-order valence-corrected chi connectivity index (χ1v) is 4.06. The molecule has 0 radical (unpaired) electrons. The number of aliphatic imine (C=N–C) groups is 1. The predicted octanol–water partition coefficient (Wildman–Crippen LogP) is 2.06. The first-order chi connectivity index (χ1) is 5.92. The molecule has 62 valence electrons. The van der Waals surface area contributed by atoms with Crippen LogP contribution in [0.4, 0.5) is 0 Å². The van der Waals surface area contributed by atoms with E-state index in [1.54, 1.807) is 7.11 Å². The van der Waals surface area contributed by atoms with Gasteiger partial charge in [0, 0.05) is 23.9 Å². The summed E-state index contributed by atoms with van der Waals surface area (Å²) < 4.78 is 5.23. The summed E-state index contributed by atoms with van der Waals surface area (Å²) in [6.07, 6.45) is 11.0. The number of allylic oxidation sites excluding steroid dienone is 4. The van der Waals surface area contributed by atoms with Crippen LogP contribution in [-0.4, -0.2) is 13.3 Å². The molecule has 2 aliphatic rings. The van der Waals surface area contributed by atoms with Gasteiger partial charge in [-0.2, -0.15) is 0 Å². The molecule has 1 atom stereocenters. The van der Waals surface area contributed by atoms with Crippen molar-refractivity contribution in [1.82, 2.24) is 0 Å². The lowest BCUT2D eigenvalue weighted by atomic mass is 9.90. The summed E-state index contributed by atoms with van der Waals surface area (Å²) in [7, 11) is 1.70. The van der Waals surface area contributed by atoms with Gasteiger partial charge in [0.25, 0.3) is 0 Å². The summed E-state index contributed by atoms with van der Waals surface area (Å²) in [4.78, 5) is 4.08. The van der Waals surface area contributed by atoms with Crippen LogP contribution in [0.2, 0.25) is 0 Å². The Kier molecular flexibility index (Phi) is 1.82. The molecular weight excluding hydrogens is 150 g/mol. The average Bonchev–Trinajstić information content (AvgIpc) is 2.17. The summed E-state index contributed by atoms with van der Waals surface area (Å²) in [6.45, 7) is 0. The lowest BCUT2D eigenvalue weighted by molar-refractivity contribution is 0.299. The van der Waals surface area contributed by atoms with Crippen molar-refractivity contribution in [3.63, 3.8) is 0 Å². The maximum absolute atomic E-state index is 5.23. The van der Waals surface area contributed by atoms with E-state index in [4.69, 9.17) is 4.74 Å². The first kappa shape index (κ1) is 7.35. The zero-order chi connectivity index (χ0) is 8.39. The van der Waals surface area contributed by atoms with E-state index in [-0.39, 0.29) is 0 Å². The van der Waals surface area contributed by atoms with Crippen molar-refractivity contribution in [2.24, 2.45) is 10.9 Å². The molecule has 2 nitrogen and oxygen atoms in total. The van der Waals surface area contributed by atoms with Gasteiger partial charge < -0.3 is 4.74 Å². The molecule has 0 aromatic carbocycles.